The molecule has 0 spiro atoms. The topological polar surface area (TPSA) is 123 Å². The minimum absolute atomic E-state index is 0.00415. The van der Waals surface area contributed by atoms with Crippen LogP contribution in [-0.2, 0) is 38.8 Å². The molecule has 5 rings (SSSR count). The fraction of sp³-hybridized carbons (Fsp3) is 0.500. The number of fused-ring (bicyclic) bond motifs is 1. The van der Waals surface area contributed by atoms with Crippen molar-refractivity contribution in [1.82, 2.24) is 25.6 Å². The second-order valence-corrected chi connectivity index (χ2v) is 10.4. The Morgan fingerprint density at radius 1 is 1.10 bits per heavy atom. The summed E-state index contributed by atoms with van der Waals surface area (Å²) in [6, 6.07) is 10.2. The van der Waals surface area contributed by atoms with Crippen LogP contribution in [0.5, 0.6) is 0 Å². The molecule has 3 aliphatic rings. The van der Waals surface area contributed by atoms with Gasteiger partial charge in [0.05, 0.1) is 25.4 Å². The zero-order chi connectivity index (χ0) is 29.7. The van der Waals surface area contributed by atoms with Crippen LogP contribution < -0.4 is 15.8 Å². The van der Waals surface area contributed by atoms with Crippen LogP contribution in [0.15, 0.2) is 36.5 Å². The molecule has 2 aromatic rings. The minimum Gasteiger partial charge on any atom is -0.374 e. The highest BCUT2D eigenvalue weighted by molar-refractivity contribution is 5.80. The van der Waals surface area contributed by atoms with Gasteiger partial charge in [0.2, 0.25) is 11.8 Å². The normalized spacial score (nSPS) is 21.1. The van der Waals surface area contributed by atoms with E-state index in [2.05, 4.69) is 20.7 Å². The first-order chi connectivity index (χ1) is 20.2. The number of rotatable bonds is 9. The molecule has 1 aromatic heterocycles. The summed E-state index contributed by atoms with van der Waals surface area (Å²) in [5.74, 6) is -2.50. The van der Waals surface area contributed by atoms with E-state index in [1.54, 1.807) is 21.9 Å². The van der Waals surface area contributed by atoms with E-state index < -0.39 is 24.0 Å². The van der Waals surface area contributed by atoms with Crippen LogP contribution in [0.1, 0.15) is 22.3 Å². The predicted molar refractivity (Wildman–Crippen MR) is 143 cm³/mol. The van der Waals surface area contributed by atoms with Crippen LogP contribution in [-0.4, -0.2) is 91.4 Å². The summed E-state index contributed by atoms with van der Waals surface area (Å²) in [7, 11) is 0. The number of carbonyl (C=O) groups excluding carboxylic acids is 2. The Bertz CT molecular complexity index is 1310. The molecule has 224 valence electrons. The molecule has 0 aliphatic carbocycles. The van der Waals surface area contributed by atoms with E-state index in [9.17, 15) is 22.8 Å². The fourth-order valence-electron chi connectivity index (χ4n) is 5.58. The lowest BCUT2D eigenvalue weighted by atomic mass is 9.95. The molecule has 2 amide bonds. The van der Waals surface area contributed by atoms with Crippen molar-refractivity contribution in [3.63, 3.8) is 0 Å². The number of nitriles is 1. The number of carbonyl (C=O) groups is 2. The van der Waals surface area contributed by atoms with Crippen LogP contribution in [0, 0.1) is 17.2 Å². The molecule has 1 aromatic carbocycles. The summed E-state index contributed by atoms with van der Waals surface area (Å²) >= 11 is 0. The highest BCUT2D eigenvalue weighted by Gasteiger charge is 2.53. The van der Waals surface area contributed by atoms with Crippen LogP contribution >= 0.6 is 0 Å². The van der Waals surface area contributed by atoms with Crippen LogP contribution in [0.25, 0.3) is 0 Å². The number of piperazine rings is 1. The number of hydrogen-bond donors (Lipinski definition) is 2. The van der Waals surface area contributed by atoms with Gasteiger partial charge < -0.3 is 19.3 Å². The first-order valence-electron chi connectivity index (χ1n) is 13.7. The average Bonchev–Trinajstić information content (AvgIpc) is 3.43. The van der Waals surface area contributed by atoms with E-state index in [1.807, 2.05) is 24.3 Å². The summed E-state index contributed by atoms with van der Waals surface area (Å²) < 4.78 is 52.2. The smallest absolute Gasteiger partial charge is 0.374 e. The number of nitrogens with one attached hydrogen (secondary N) is 2. The number of pyridine rings is 1. The molecule has 11 nitrogen and oxygen atoms in total. The molecule has 2 saturated heterocycles. The number of alkyl halides is 3. The largest absolute Gasteiger partial charge is 0.402 e. The van der Waals surface area contributed by atoms with Crippen molar-refractivity contribution in [2.45, 2.75) is 31.9 Å². The van der Waals surface area contributed by atoms with Gasteiger partial charge in [-0.25, -0.2) is 10.4 Å². The number of hydrazine groups is 1. The molecule has 0 saturated carbocycles. The molecule has 2 atom stereocenters. The van der Waals surface area contributed by atoms with Crippen molar-refractivity contribution in [2.24, 2.45) is 5.92 Å². The molecule has 4 heterocycles. The third-order valence-electron chi connectivity index (χ3n) is 7.80. The number of aromatic nitrogens is 1. The van der Waals surface area contributed by atoms with Gasteiger partial charge in [0, 0.05) is 58.1 Å². The van der Waals surface area contributed by atoms with Crippen molar-refractivity contribution in [2.75, 3.05) is 57.4 Å². The summed E-state index contributed by atoms with van der Waals surface area (Å²) in [6.45, 7) is 3.63. The summed E-state index contributed by atoms with van der Waals surface area (Å²) in [5.41, 5.74) is 7.88. The maximum absolute atomic E-state index is 13.6. The lowest BCUT2D eigenvalue weighted by Gasteiger charge is -2.38. The van der Waals surface area contributed by atoms with Crippen LogP contribution in [0.4, 0.5) is 19.0 Å². The van der Waals surface area contributed by atoms with E-state index in [0.29, 0.717) is 44.8 Å². The molecule has 2 fully saturated rings. The third kappa shape index (κ3) is 6.81. The van der Waals surface area contributed by atoms with E-state index in [4.69, 9.17) is 14.7 Å². The van der Waals surface area contributed by atoms with Gasteiger partial charge in [0.15, 0.2) is 5.92 Å². The SMILES string of the molecule is N#Cc1ccc(N2CCN(C(=O)COCCOCc3cccc4c3CN(C3CNNC(=O)C3C(F)(F)F)C4)CC2)nc1. The third-order valence-corrected chi connectivity index (χ3v) is 7.80. The van der Waals surface area contributed by atoms with Gasteiger partial charge in [-0.05, 0) is 28.8 Å². The molecule has 0 bridgehead atoms. The van der Waals surface area contributed by atoms with Gasteiger partial charge in [-0.2, -0.15) is 18.4 Å². The summed E-state index contributed by atoms with van der Waals surface area (Å²) in [6.07, 6.45) is -3.11. The maximum Gasteiger partial charge on any atom is 0.402 e. The number of hydrogen-bond acceptors (Lipinski definition) is 9. The second-order valence-electron chi connectivity index (χ2n) is 10.4. The number of amides is 2. The first kappa shape index (κ1) is 29.7. The fourth-order valence-corrected chi connectivity index (χ4v) is 5.58. The maximum atomic E-state index is 13.6. The first-order valence-corrected chi connectivity index (χ1v) is 13.7. The molecular formula is C28H32F3N7O4. The number of ether oxygens (including phenoxy) is 2. The van der Waals surface area contributed by atoms with Crippen molar-refractivity contribution in [3.05, 3.63) is 58.8 Å². The number of benzene rings is 1. The molecule has 2 unspecified atom stereocenters. The van der Waals surface area contributed by atoms with Crippen molar-refractivity contribution in [1.29, 1.82) is 5.26 Å². The highest BCUT2D eigenvalue weighted by Crippen LogP contribution is 2.36. The van der Waals surface area contributed by atoms with Gasteiger partial charge in [0.25, 0.3) is 0 Å². The van der Waals surface area contributed by atoms with Gasteiger partial charge >= 0.3 is 6.18 Å². The molecule has 0 radical (unpaired) electrons. The van der Waals surface area contributed by atoms with Crippen molar-refractivity contribution < 1.29 is 32.2 Å². The van der Waals surface area contributed by atoms with E-state index >= 15 is 0 Å². The Kier molecular flexibility index (Phi) is 9.22. The Balaban J connectivity index is 1.03. The molecule has 3 aliphatic heterocycles. The molecular weight excluding hydrogens is 555 g/mol. The molecule has 2 N–H and O–H groups in total. The Morgan fingerprint density at radius 2 is 1.88 bits per heavy atom. The van der Waals surface area contributed by atoms with E-state index in [0.717, 1.165) is 22.5 Å². The highest BCUT2D eigenvalue weighted by atomic mass is 19.4. The quantitative estimate of drug-likeness (QED) is 0.419. The molecule has 14 heteroatoms. The predicted octanol–water partition coefficient (Wildman–Crippen LogP) is 1.33. The van der Waals surface area contributed by atoms with Crippen LogP contribution in [0.3, 0.4) is 0 Å². The standard InChI is InChI=1S/C28H32F3N7O4/c29-28(30,31)26-23(14-34-35-27(26)40)38-15-20-2-1-3-21(22(20)16-38)17-41-10-11-42-18-25(39)37-8-6-36(7-9-37)24-5-4-19(12-32)13-33-24/h1-5,13,23,26,34H,6-11,14-18H2,(H,35,40). The van der Waals surface area contributed by atoms with E-state index in [1.165, 1.54) is 6.20 Å². The van der Waals surface area contributed by atoms with Gasteiger partial charge in [-0.1, -0.05) is 18.2 Å². The van der Waals surface area contributed by atoms with Gasteiger partial charge in [-0.15, -0.1) is 0 Å². The zero-order valence-corrected chi connectivity index (χ0v) is 22.9. The van der Waals surface area contributed by atoms with Crippen molar-refractivity contribution >= 4 is 17.6 Å². The molecule has 42 heavy (non-hydrogen) atoms. The number of anilines is 1. The lowest BCUT2D eigenvalue weighted by Crippen LogP contribution is -2.63. The average molecular weight is 588 g/mol. The minimum atomic E-state index is -4.64. The monoisotopic (exact) mass is 587 g/mol. The van der Waals surface area contributed by atoms with E-state index in [-0.39, 0.29) is 38.9 Å². The van der Waals surface area contributed by atoms with Crippen LogP contribution in [0.2, 0.25) is 0 Å². The second kappa shape index (κ2) is 13.0. The summed E-state index contributed by atoms with van der Waals surface area (Å²) in [4.78, 5) is 34.4. The van der Waals surface area contributed by atoms with Gasteiger partial charge in [0.1, 0.15) is 18.5 Å². The summed E-state index contributed by atoms with van der Waals surface area (Å²) in [5, 5.41) is 8.91. The van der Waals surface area contributed by atoms with Gasteiger partial charge in [-0.3, -0.25) is 19.9 Å². The zero-order valence-electron chi connectivity index (χ0n) is 22.9. The number of nitrogens with zero attached hydrogens (tertiary/aromatic N) is 5. The lowest BCUT2D eigenvalue weighted by molar-refractivity contribution is -0.201. The number of halogens is 3. The Hall–Kier alpha value is -3.77. The van der Waals surface area contributed by atoms with Crippen molar-refractivity contribution in [3.8, 4) is 6.07 Å². The Morgan fingerprint density at radius 3 is 2.60 bits per heavy atom. The Labute approximate surface area is 241 Å².